The van der Waals surface area contributed by atoms with Crippen molar-refractivity contribution in [2.75, 3.05) is 19.8 Å². The van der Waals surface area contributed by atoms with Crippen molar-refractivity contribution in [3.63, 3.8) is 0 Å². The average Bonchev–Trinajstić information content (AvgIpc) is 3.25. The summed E-state index contributed by atoms with van der Waals surface area (Å²) >= 11 is 0. The summed E-state index contributed by atoms with van der Waals surface area (Å²) in [5, 5.41) is 0. The molecule has 0 aliphatic carbocycles. The van der Waals surface area contributed by atoms with Gasteiger partial charge in [-0.25, -0.2) is 0 Å². The number of esters is 2. The fraction of sp³-hybridized carbons (Fsp3) is 0.782. The van der Waals surface area contributed by atoms with Crippen molar-refractivity contribution in [3.8, 4) is 0 Å². The third-order valence-corrected chi connectivity index (χ3v) is 11.0. The van der Waals surface area contributed by atoms with E-state index in [-0.39, 0.29) is 25.2 Å². The molecule has 0 amide bonds. The monoisotopic (exact) mass is 839 g/mol. The van der Waals surface area contributed by atoms with Crippen molar-refractivity contribution < 1.29 is 23.8 Å². The van der Waals surface area contributed by atoms with Crippen LogP contribution in [0.15, 0.2) is 60.8 Å². The molecule has 348 valence electrons. The highest BCUT2D eigenvalue weighted by Crippen LogP contribution is 2.15. The smallest absolute Gasteiger partial charge is 0.306 e. The molecule has 0 fully saturated rings. The van der Waals surface area contributed by atoms with Crippen LogP contribution < -0.4 is 0 Å². The second-order valence-corrected chi connectivity index (χ2v) is 17.0. The maximum atomic E-state index is 12.8. The van der Waals surface area contributed by atoms with Gasteiger partial charge in [-0.1, -0.05) is 216 Å². The maximum absolute atomic E-state index is 12.8. The molecule has 0 radical (unpaired) electrons. The summed E-state index contributed by atoms with van der Waals surface area (Å²) in [6, 6.07) is 0. The van der Waals surface area contributed by atoms with Crippen LogP contribution in [0.25, 0.3) is 0 Å². The molecule has 0 heterocycles. The highest BCUT2D eigenvalue weighted by molar-refractivity contribution is 5.70. The van der Waals surface area contributed by atoms with Crippen LogP contribution >= 0.6 is 0 Å². The predicted octanol–water partition coefficient (Wildman–Crippen LogP) is 17.3. The lowest BCUT2D eigenvalue weighted by atomic mass is 10.0. The number of carbonyl (C=O) groups is 2. The number of ether oxygens (including phenoxy) is 3. The molecular weight excluding hydrogens is 741 g/mol. The molecule has 0 aromatic carbocycles. The van der Waals surface area contributed by atoms with Crippen molar-refractivity contribution >= 4 is 11.9 Å². The lowest BCUT2D eigenvalue weighted by Gasteiger charge is -2.18. The van der Waals surface area contributed by atoms with E-state index in [1.165, 1.54) is 141 Å². The quantitative estimate of drug-likeness (QED) is 0.0347. The van der Waals surface area contributed by atoms with E-state index in [1.54, 1.807) is 0 Å². The molecule has 0 rings (SSSR count). The Hall–Kier alpha value is -2.40. The zero-order valence-electron chi connectivity index (χ0n) is 40.0. The molecule has 0 saturated heterocycles. The lowest BCUT2D eigenvalue weighted by Crippen LogP contribution is -2.30. The second kappa shape index (κ2) is 51.0. The SMILES string of the molecule is CC/C=C\C/C=C\C/C=C\CCCCCC(=O)OCC(COCCCCCCCCCC/C=C\C/C=C\CCCCC)OC(=O)CCCCCCCCCCCCCCC. The van der Waals surface area contributed by atoms with E-state index in [9.17, 15) is 9.59 Å². The standard InChI is InChI=1S/C55H98O5/c1-4-7-10-13-16-19-22-25-26-27-28-29-32-35-38-41-44-47-50-58-51-53(60-55(57)49-46-43-40-37-34-31-24-21-18-15-12-9-6-3)52-59-54(56)48-45-42-39-36-33-30-23-20-17-14-11-8-5-2/h8,11,16-17,19-20,25-26,30,33,53H,4-7,9-10,12-15,18,21-24,27-29,31-32,34-52H2,1-3H3/b11-8-,19-16-,20-17-,26-25-,33-30-. The van der Waals surface area contributed by atoms with Gasteiger partial charge in [0, 0.05) is 19.4 Å². The minimum atomic E-state index is -0.549. The number of hydrogen-bond donors (Lipinski definition) is 0. The number of carbonyl (C=O) groups excluding carboxylic acids is 2. The molecule has 0 saturated carbocycles. The second-order valence-electron chi connectivity index (χ2n) is 17.0. The Morgan fingerprint density at radius 2 is 0.750 bits per heavy atom. The molecule has 0 aromatic rings. The lowest BCUT2D eigenvalue weighted by molar-refractivity contribution is -0.163. The molecule has 1 atom stereocenters. The predicted molar refractivity (Wildman–Crippen MR) is 261 cm³/mol. The third-order valence-electron chi connectivity index (χ3n) is 11.0. The summed E-state index contributed by atoms with van der Waals surface area (Å²) in [6.07, 6.45) is 63.7. The molecule has 5 nitrogen and oxygen atoms in total. The Morgan fingerprint density at radius 1 is 0.383 bits per heavy atom. The Balaban J connectivity index is 4.28. The summed E-state index contributed by atoms with van der Waals surface area (Å²) in [5.74, 6) is -0.427. The zero-order chi connectivity index (χ0) is 43.5. The van der Waals surface area contributed by atoms with Crippen LogP contribution in [-0.4, -0.2) is 37.9 Å². The first-order chi connectivity index (χ1) is 29.6. The number of hydrogen-bond acceptors (Lipinski definition) is 5. The van der Waals surface area contributed by atoms with E-state index in [2.05, 4.69) is 81.5 Å². The van der Waals surface area contributed by atoms with E-state index < -0.39 is 6.10 Å². The van der Waals surface area contributed by atoms with Crippen molar-refractivity contribution in [1.82, 2.24) is 0 Å². The highest BCUT2D eigenvalue weighted by Gasteiger charge is 2.17. The number of allylic oxidation sites excluding steroid dienone is 10. The molecule has 0 bridgehead atoms. The number of unbranched alkanes of at least 4 members (excludes halogenated alkanes) is 26. The fourth-order valence-electron chi connectivity index (χ4n) is 7.20. The van der Waals surface area contributed by atoms with E-state index in [0.29, 0.717) is 19.4 Å². The van der Waals surface area contributed by atoms with Crippen LogP contribution in [-0.2, 0) is 23.8 Å². The zero-order valence-corrected chi connectivity index (χ0v) is 40.0. The van der Waals surface area contributed by atoms with Crippen LogP contribution in [0.3, 0.4) is 0 Å². The molecular formula is C55H98O5. The molecule has 0 aliphatic heterocycles. The molecule has 5 heteroatoms. The summed E-state index contributed by atoms with van der Waals surface area (Å²) in [4.78, 5) is 25.3. The Bertz CT molecular complexity index is 1040. The Morgan fingerprint density at radius 3 is 1.25 bits per heavy atom. The van der Waals surface area contributed by atoms with Crippen molar-refractivity contribution in [2.45, 2.75) is 258 Å². The maximum Gasteiger partial charge on any atom is 0.306 e. The average molecular weight is 839 g/mol. The first-order valence-corrected chi connectivity index (χ1v) is 25.8. The van der Waals surface area contributed by atoms with Crippen LogP contribution in [0.4, 0.5) is 0 Å². The molecule has 0 spiro atoms. The van der Waals surface area contributed by atoms with Gasteiger partial charge < -0.3 is 14.2 Å². The first-order valence-electron chi connectivity index (χ1n) is 25.8. The minimum absolute atomic E-state index is 0.0691. The van der Waals surface area contributed by atoms with Crippen LogP contribution in [0.2, 0.25) is 0 Å². The molecule has 0 aliphatic rings. The highest BCUT2D eigenvalue weighted by atomic mass is 16.6. The summed E-state index contributed by atoms with van der Waals surface area (Å²) in [5.41, 5.74) is 0. The largest absolute Gasteiger partial charge is 0.462 e. The van der Waals surface area contributed by atoms with E-state index in [1.807, 2.05) is 0 Å². The van der Waals surface area contributed by atoms with Gasteiger partial charge in [-0.05, 0) is 83.5 Å². The van der Waals surface area contributed by atoms with Gasteiger partial charge in [0.1, 0.15) is 6.61 Å². The van der Waals surface area contributed by atoms with Gasteiger partial charge in [0.25, 0.3) is 0 Å². The Labute approximate surface area is 373 Å². The van der Waals surface area contributed by atoms with Gasteiger partial charge in [0.2, 0.25) is 0 Å². The van der Waals surface area contributed by atoms with Gasteiger partial charge >= 0.3 is 11.9 Å². The van der Waals surface area contributed by atoms with Gasteiger partial charge in [0.05, 0.1) is 6.61 Å². The van der Waals surface area contributed by atoms with Crippen molar-refractivity contribution in [1.29, 1.82) is 0 Å². The minimum Gasteiger partial charge on any atom is -0.462 e. The van der Waals surface area contributed by atoms with Gasteiger partial charge in [-0.15, -0.1) is 0 Å². The topological polar surface area (TPSA) is 61.8 Å². The first kappa shape index (κ1) is 57.6. The summed E-state index contributed by atoms with van der Waals surface area (Å²) in [7, 11) is 0. The summed E-state index contributed by atoms with van der Waals surface area (Å²) < 4.78 is 17.4. The van der Waals surface area contributed by atoms with Crippen molar-refractivity contribution in [3.05, 3.63) is 60.8 Å². The van der Waals surface area contributed by atoms with Gasteiger partial charge in [0.15, 0.2) is 6.10 Å². The van der Waals surface area contributed by atoms with Crippen LogP contribution in [0, 0.1) is 0 Å². The van der Waals surface area contributed by atoms with Gasteiger partial charge in [-0.3, -0.25) is 9.59 Å². The van der Waals surface area contributed by atoms with E-state index in [0.717, 1.165) is 77.0 Å². The fourth-order valence-corrected chi connectivity index (χ4v) is 7.20. The number of rotatable bonds is 47. The van der Waals surface area contributed by atoms with Crippen molar-refractivity contribution in [2.24, 2.45) is 0 Å². The molecule has 0 N–H and O–H groups in total. The van der Waals surface area contributed by atoms with Crippen LogP contribution in [0.5, 0.6) is 0 Å². The van der Waals surface area contributed by atoms with Crippen LogP contribution in [0.1, 0.15) is 252 Å². The Kier molecular flexibility index (Phi) is 48.9. The molecule has 1 unspecified atom stereocenters. The normalized spacial score (nSPS) is 12.7. The van der Waals surface area contributed by atoms with Gasteiger partial charge in [-0.2, -0.15) is 0 Å². The van der Waals surface area contributed by atoms with E-state index >= 15 is 0 Å². The van der Waals surface area contributed by atoms with E-state index in [4.69, 9.17) is 14.2 Å². The molecule has 0 aromatic heterocycles. The molecule has 60 heavy (non-hydrogen) atoms. The summed E-state index contributed by atoms with van der Waals surface area (Å²) in [6.45, 7) is 7.67. The third kappa shape index (κ3) is 48.3.